The first kappa shape index (κ1) is 16.9. The van der Waals surface area contributed by atoms with Gasteiger partial charge in [-0.25, -0.2) is 0 Å². The summed E-state index contributed by atoms with van der Waals surface area (Å²) in [7, 11) is 1.65. The molecule has 5 heteroatoms. The van der Waals surface area contributed by atoms with Crippen LogP contribution in [0.1, 0.15) is 29.6 Å². The van der Waals surface area contributed by atoms with Gasteiger partial charge in [-0.3, -0.25) is 4.79 Å². The summed E-state index contributed by atoms with van der Waals surface area (Å²) < 4.78 is 5.29. The average molecular weight is 351 g/mol. The van der Waals surface area contributed by atoms with Crippen molar-refractivity contribution in [1.82, 2.24) is 10.2 Å². The van der Waals surface area contributed by atoms with Gasteiger partial charge in [0, 0.05) is 30.4 Å². The van der Waals surface area contributed by atoms with Crippen LogP contribution in [0.3, 0.4) is 0 Å². The largest absolute Gasteiger partial charge is 0.497 e. The quantitative estimate of drug-likeness (QED) is 0.886. The lowest BCUT2D eigenvalue weighted by molar-refractivity contribution is 0.0681. The number of ether oxygens (including phenoxy) is 1. The molecule has 0 radical (unpaired) electrons. The molecule has 2 aromatic rings. The molecule has 136 valence electrons. The Morgan fingerprint density at radius 1 is 1.12 bits per heavy atom. The average Bonchev–Trinajstić information content (AvgIpc) is 2.94. The van der Waals surface area contributed by atoms with Crippen LogP contribution in [0.2, 0.25) is 0 Å². The van der Waals surface area contributed by atoms with Gasteiger partial charge in [0.2, 0.25) is 0 Å². The number of anilines is 2. The Kier molecular flexibility index (Phi) is 4.80. The van der Waals surface area contributed by atoms with Gasteiger partial charge in [0.1, 0.15) is 5.75 Å². The lowest BCUT2D eigenvalue weighted by Gasteiger charge is -2.29. The van der Waals surface area contributed by atoms with E-state index in [1.807, 2.05) is 48.5 Å². The van der Waals surface area contributed by atoms with Crippen molar-refractivity contribution in [2.45, 2.75) is 31.3 Å². The molecule has 2 aliphatic rings. The maximum absolute atomic E-state index is 13.4. The van der Waals surface area contributed by atoms with Crippen molar-refractivity contribution in [2.24, 2.45) is 0 Å². The summed E-state index contributed by atoms with van der Waals surface area (Å²) in [6, 6.07) is 16.2. The molecule has 1 amide bonds. The Hall–Kier alpha value is -2.53. The predicted molar refractivity (Wildman–Crippen MR) is 103 cm³/mol. The molecule has 26 heavy (non-hydrogen) atoms. The van der Waals surface area contributed by atoms with Crippen LogP contribution < -0.4 is 15.4 Å². The van der Waals surface area contributed by atoms with E-state index < -0.39 is 0 Å². The fraction of sp³-hybridized carbons (Fsp3) is 0.381. The number of amides is 1. The SMILES string of the molecule is COc1cccc(Nc2ccccc2C(=O)N2C3CCNCC2CC3)c1. The van der Waals surface area contributed by atoms with Crippen molar-refractivity contribution in [1.29, 1.82) is 0 Å². The summed E-state index contributed by atoms with van der Waals surface area (Å²) in [4.78, 5) is 15.5. The van der Waals surface area contributed by atoms with E-state index in [4.69, 9.17) is 4.74 Å². The molecule has 2 aromatic carbocycles. The lowest BCUT2D eigenvalue weighted by Crippen LogP contribution is -2.42. The van der Waals surface area contributed by atoms with Crippen LogP contribution in [0.25, 0.3) is 0 Å². The van der Waals surface area contributed by atoms with E-state index in [-0.39, 0.29) is 5.91 Å². The molecule has 2 N–H and O–H groups in total. The monoisotopic (exact) mass is 351 g/mol. The number of hydrogen-bond acceptors (Lipinski definition) is 4. The zero-order chi connectivity index (χ0) is 17.9. The molecule has 2 heterocycles. The standard InChI is InChI=1S/C21H25N3O2/c1-26-18-6-4-5-15(13-18)23-20-8-3-2-7-19(20)21(25)24-16-9-10-17(24)14-22-12-11-16/h2-8,13,16-17,22-23H,9-12,14H2,1H3. The van der Waals surface area contributed by atoms with Crippen molar-refractivity contribution in [2.75, 3.05) is 25.5 Å². The van der Waals surface area contributed by atoms with Gasteiger partial charge >= 0.3 is 0 Å². The highest BCUT2D eigenvalue weighted by atomic mass is 16.5. The Morgan fingerprint density at radius 2 is 1.96 bits per heavy atom. The number of hydrogen-bond donors (Lipinski definition) is 2. The molecule has 0 aromatic heterocycles. The zero-order valence-electron chi connectivity index (χ0n) is 15.1. The van der Waals surface area contributed by atoms with Gasteiger partial charge in [-0.15, -0.1) is 0 Å². The minimum absolute atomic E-state index is 0.132. The van der Waals surface area contributed by atoms with Gasteiger partial charge in [-0.2, -0.15) is 0 Å². The smallest absolute Gasteiger partial charge is 0.256 e. The van der Waals surface area contributed by atoms with Crippen molar-refractivity contribution >= 4 is 17.3 Å². The van der Waals surface area contributed by atoms with Crippen LogP contribution >= 0.6 is 0 Å². The Labute approximate surface area is 154 Å². The van der Waals surface area contributed by atoms with Crippen molar-refractivity contribution < 1.29 is 9.53 Å². The predicted octanol–water partition coefficient (Wildman–Crippen LogP) is 3.41. The zero-order valence-corrected chi connectivity index (χ0v) is 15.1. The van der Waals surface area contributed by atoms with E-state index >= 15 is 0 Å². The number of rotatable bonds is 4. The van der Waals surface area contributed by atoms with Gasteiger partial charge in [-0.1, -0.05) is 18.2 Å². The number of nitrogens with zero attached hydrogens (tertiary/aromatic N) is 1. The molecule has 0 saturated carbocycles. The van der Waals surface area contributed by atoms with Crippen LogP contribution in [-0.4, -0.2) is 43.1 Å². The third-order valence-corrected chi connectivity index (χ3v) is 5.39. The van der Waals surface area contributed by atoms with Gasteiger partial charge in [-0.05, 0) is 50.1 Å². The molecule has 4 rings (SSSR count). The second-order valence-electron chi connectivity index (χ2n) is 6.99. The summed E-state index contributed by atoms with van der Waals surface area (Å²) in [5, 5.41) is 6.85. The molecular formula is C21H25N3O2. The van der Waals surface area contributed by atoms with Crippen LogP contribution in [0, 0.1) is 0 Å². The fourth-order valence-electron chi connectivity index (χ4n) is 4.09. The number of methoxy groups -OCH3 is 1. The number of nitrogens with one attached hydrogen (secondary N) is 2. The molecule has 0 aliphatic carbocycles. The number of para-hydroxylation sites is 1. The van der Waals surface area contributed by atoms with E-state index in [2.05, 4.69) is 15.5 Å². The topological polar surface area (TPSA) is 53.6 Å². The molecule has 2 aliphatic heterocycles. The summed E-state index contributed by atoms with van der Waals surface area (Å²) in [6.07, 6.45) is 3.24. The van der Waals surface area contributed by atoms with E-state index in [0.29, 0.717) is 12.1 Å². The van der Waals surface area contributed by atoms with Crippen LogP contribution in [0.4, 0.5) is 11.4 Å². The van der Waals surface area contributed by atoms with Crippen LogP contribution in [0.15, 0.2) is 48.5 Å². The highest BCUT2D eigenvalue weighted by Crippen LogP contribution is 2.32. The third kappa shape index (κ3) is 3.27. The number of fused-ring (bicyclic) bond motifs is 2. The molecule has 2 unspecified atom stereocenters. The number of benzene rings is 2. The number of carbonyl (C=O) groups excluding carboxylic acids is 1. The van der Waals surface area contributed by atoms with Crippen LogP contribution in [0.5, 0.6) is 5.75 Å². The molecule has 2 saturated heterocycles. The van der Waals surface area contributed by atoms with Crippen LogP contribution in [-0.2, 0) is 0 Å². The third-order valence-electron chi connectivity index (χ3n) is 5.39. The molecule has 2 fully saturated rings. The van der Waals surface area contributed by atoms with Gasteiger partial charge in [0.25, 0.3) is 5.91 Å². The van der Waals surface area contributed by atoms with E-state index in [0.717, 1.165) is 55.0 Å². The Morgan fingerprint density at radius 3 is 2.85 bits per heavy atom. The fourth-order valence-corrected chi connectivity index (χ4v) is 4.09. The molecular weight excluding hydrogens is 326 g/mol. The van der Waals surface area contributed by atoms with Crippen molar-refractivity contribution in [3.8, 4) is 5.75 Å². The Bertz CT molecular complexity index is 778. The Balaban J connectivity index is 1.62. The molecule has 0 spiro atoms. The maximum Gasteiger partial charge on any atom is 0.256 e. The highest BCUT2D eigenvalue weighted by Gasteiger charge is 2.38. The second-order valence-corrected chi connectivity index (χ2v) is 6.99. The van der Waals surface area contributed by atoms with Gasteiger partial charge < -0.3 is 20.3 Å². The molecule has 2 bridgehead atoms. The minimum atomic E-state index is 0.132. The minimum Gasteiger partial charge on any atom is -0.497 e. The van der Waals surface area contributed by atoms with Gasteiger partial charge in [0.05, 0.1) is 18.4 Å². The first-order valence-corrected chi connectivity index (χ1v) is 9.30. The van der Waals surface area contributed by atoms with E-state index in [1.54, 1.807) is 7.11 Å². The normalized spacial score (nSPS) is 22.0. The summed E-state index contributed by atoms with van der Waals surface area (Å²) in [5.74, 6) is 0.919. The first-order valence-electron chi connectivity index (χ1n) is 9.30. The summed E-state index contributed by atoms with van der Waals surface area (Å²) in [5.41, 5.74) is 2.47. The summed E-state index contributed by atoms with van der Waals surface area (Å²) >= 11 is 0. The molecule has 5 nitrogen and oxygen atoms in total. The summed E-state index contributed by atoms with van der Waals surface area (Å²) in [6.45, 7) is 1.89. The maximum atomic E-state index is 13.4. The second kappa shape index (κ2) is 7.38. The number of carbonyl (C=O) groups is 1. The highest BCUT2D eigenvalue weighted by molar-refractivity contribution is 6.00. The molecule has 2 atom stereocenters. The lowest BCUT2D eigenvalue weighted by atomic mass is 10.1. The van der Waals surface area contributed by atoms with E-state index in [1.165, 1.54) is 0 Å². The first-order chi connectivity index (χ1) is 12.8. The van der Waals surface area contributed by atoms with Crippen molar-refractivity contribution in [3.63, 3.8) is 0 Å². The van der Waals surface area contributed by atoms with E-state index in [9.17, 15) is 4.79 Å². The van der Waals surface area contributed by atoms with Gasteiger partial charge in [0.15, 0.2) is 0 Å². The van der Waals surface area contributed by atoms with Crippen molar-refractivity contribution in [3.05, 3.63) is 54.1 Å².